The van der Waals surface area contributed by atoms with E-state index in [1.54, 1.807) is 0 Å². The van der Waals surface area contributed by atoms with E-state index < -0.39 is 5.97 Å². The maximum absolute atomic E-state index is 12.1. The van der Waals surface area contributed by atoms with Crippen LogP contribution < -0.4 is 0 Å². The number of methoxy groups -OCH3 is 1. The van der Waals surface area contributed by atoms with Crippen LogP contribution >= 0.6 is 0 Å². The molecule has 0 amide bonds. The minimum absolute atomic E-state index is 0.217. The number of nitrogens with zero attached hydrogens (tertiary/aromatic N) is 1. The zero-order valence-electron chi connectivity index (χ0n) is 13.9. The monoisotopic (exact) mass is 320 g/mol. The number of benzene rings is 1. The molecule has 0 bridgehead atoms. The van der Waals surface area contributed by atoms with Crippen molar-refractivity contribution in [2.45, 2.75) is 25.7 Å². The van der Waals surface area contributed by atoms with E-state index in [2.05, 4.69) is 41.2 Å². The molecule has 1 aliphatic carbocycles. The molecular weight excluding hydrogens is 300 g/mol. The average molecular weight is 320 g/mol. The second kappa shape index (κ2) is 5.78. The minimum atomic E-state index is -0.392. The number of rotatable bonds is 2. The highest BCUT2D eigenvalue weighted by Gasteiger charge is 2.23. The van der Waals surface area contributed by atoms with E-state index in [0.717, 1.165) is 40.3 Å². The van der Waals surface area contributed by atoms with Crippen LogP contribution in [0.5, 0.6) is 0 Å². The van der Waals surface area contributed by atoms with E-state index in [4.69, 9.17) is 4.74 Å². The normalized spacial score (nSPS) is 20.6. The summed E-state index contributed by atoms with van der Waals surface area (Å²) in [5.74, 6) is 0.438. The fourth-order valence-corrected chi connectivity index (χ4v) is 3.63. The van der Waals surface area contributed by atoms with Gasteiger partial charge in [0.25, 0.3) is 0 Å². The largest absolute Gasteiger partial charge is 0.464 e. The fraction of sp³-hybridized carbons (Fsp3) is 0.300. The Balaban J connectivity index is 2.00. The first-order chi connectivity index (χ1) is 11.7. The lowest BCUT2D eigenvalue weighted by Gasteiger charge is -2.22. The molecule has 4 heteroatoms. The Bertz CT molecular complexity index is 955. The van der Waals surface area contributed by atoms with Gasteiger partial charge in [0.05, 0.1) is 18.3 Å². The molecule has 2 unspecified atom stereocenters. The van der Waals surface area contributed by atoms with Crippen molar-refractivity contribution in [1.29, 1.82) is 0 Å². The molecule has 122 valence electrons. The molecule has 0 saturated carbocycles. The second-order valence-corrected chi connectivity index (χ2v) is 6.59. The predicted octanol–water partition coefficient (Wildman–Crippen LogP) is 4.57. The number of carbonyl (C=O) groups excluding carboxylic acids is 1. The molecule has 4 nitrogen and oxygen atoms in total. The Hall–Kier alpha value is -2.62. The maximum Gasteiger partial charge on any atom is 0.356 e. The van der Waals surface area contributed by atoms with Crippen LogP contribution in [0.3, 0.4) is 0 Å². The van der Waals surface area contributed by atoms with Crippen molar-refractivity contribution in [3.05, 3.63) is 53.9 Å². The van der Waals surface area contributed by atoms with Gasteiger partial charge in [-0.3, -0.25) is 0 Å². The summed E-state index contributed by atoms with van der Waals surface area (Å²) in [7, 11) is 1.39. The summed E-state index contributed by atoms with van der Waals surface area (Å²) in [4.78, 5) is 20.3. The number of ether oxygens (including phenoxy) is 1. The summed E-state index contributed by atoms with van der Waals surface area (Å²) in [6, 6.07) is 9.97. The van der Waals surface area contributed by atoms with Crippen LogP contribution in [0.2, 0.25) is 0 Å². The number of pyridine rings is 1. The van der Waals surface area contributed by atoms with Crippen LogP contribution in [0.15, 0.2) is 42.5 Å². The number of hydrogen-bond donors (Lipinski definition) is 1. The van der Waals surface area contributed by atoms with Gasteiger partial charge in [0.15, 0.2) is 0 Å². The summed E-state index contributed by atoms with van der Waals surface area (Å²) in [5.41, 5.74) is 3.39. The molecule has 2 aromatic heterocycles. The maximum atomic E-state index is 12.1. The molecule has 0 aliphatic heterocycles. The molecule has 0 radical (unpaired) electrons. The number of aromatic amines is 1. The Morgan fingerprint density at radius 2 is 2.12 bits per heavy atom. The Morgan fingerprint density at radius 1 is 1.29 bits per heavy atom. The van der Waals surface area contributed by atoms with E-state index >= 15 is 0 Å². The summed E-state index contributed by atoms with van der Waals surface area (Å²) in [6.45, 7) is 2.25. The number of H-pyrrole nitrogens is 1. The second-order valence-electron chi connectivity index (χ2n) is 6.59. The van der Waals surface area contributed by atoms with E-state index in [1.165, 1.54) is 7.11 Å². The van der Waals surface area contributed by atoms with E-state index in [-0.39, 0.29) is 5.92 Å². The number of esters is 1. The molecule has 1 aliphatic rings. The Kier molecular flexibility index (Phi) is 3.60. The third kappa shape index (κ3) is 2.39. The van der Waals surface area contributed by atoms with Crippen molar-refractivity contribution >= 4 is 27.8 Å². The zero-order valence-corrected chi connectivity index (χ0v) is 13.9. The third-order valence-electron chi connectivity index (χ3n) is 4.83. The highest BCUT2D eigenvalue weighted by atomic mass is 16.5. The summed E-state index contributed by atoms with van der Waals surface area (Å²) in [5, 5.41) is 2.14. The van der Waals surface area contributed by atoms with Gasteiger partial charge in [-0.1, -0.05) is 37.3 Å². The SMILES string of the molecule is COC(=O)c1cc2c([nH]c3ccccc32)c(C2C=CCC(C)C2)n1. The predicted molar refractivity (Wildman–Crippen MR) is 95.2 cm³/mol. The van der Waals surface area contributed by atoms with Gasteiger partial charge in [-0.25, -0.2) is 9.78 Å². The number of nitrogens with one attached hydrogen (secondary N) is 1. The lowest BCUT2D eigenvalue weighted by molar-refractivity contribution is 0.0594. The summed E-state index contributed by atoms with van der Waals surface area (Å²) in [6.07, 6.45) is 6.58. The molecule has 2 heterocycles. The highest BCUT2D eigenvalue weighted by Crippen LogP contribution is 2.36. The van der Waals surface area contributed by atoms with Crippen LogP contribution in [-0.4, -0.2) is 23.0 Å². The Morgan fingerprint density at radius 3 is 2.92 bits per heavy atom. The van der Waals surface area contributed by atoms with Gasteiger partial charge >= 0.3 is 5.97 Å². The van der Waals surface area contributed by atoms with E-state index in [0.29, 0.717) is 11.6 Å². The molecule has 0 spiro atoms. The smallest absolute Gasteiger partial charge is 0.356 e. The van der Waals surface area contributed by atoms with Crippen molar-refractivity contribution in [2.24, 2.45) is 5.92 Å². The summed E-state index contributed by atoms with van der Waals surface area (Å²) < 4.78 is 4.91. The number of allylic oxidation sites excluding steroid dienone is 2. The molecule has 1 aromatic carbocycles. The molecule has 0 saturated heterocycles. The molecule has 4 rings (SSSR count). The van der Waals surface area contributed by atoms with Gasteiger partial charge in [0.1, 0.15) is 5.69 Å². The number of para-hydroxylation sites is 1. The van der Waals surface area contributed by atoms with Crippen LogP contribution in [0.1, 0.15) is 41.9 Å². The highest BCUT2D eigenvalue weighted by molar-refractivity contribution is 6.09. The molecule has 0 fully saturated rings. The number of hydrogen-bond acceptors (Lipinski definition) is 3. The van der Waals surface area contributed by atoms with Crippen LogP contribution in [0.25, 0.3) is 21.8 Å². The van der Waals surface area contributed by atoms with Crippen molar-refractivity contribution in [3.63, 3.8) is 0 Å². The van der Waals surface area contributed by atoms with Crippen molar-refractivity contribution in [3.8, 4) is 0 Å². The lowest BCUT2D eigenvalue weighted by atomic mass is 9.85. The van der Waals surface area contributed by atoms with Crippen molar-refractivity contribution < 1.29 is 9.53 Å². The van der Waals surface area contributed by atoms with Crippen LogP contribution in [0.4, 0.5) is 0 Å². The lowest BCUT2D eigenvalue weighted by Crippen LogP contribution is -2.12. The number of carbonyl (C=O) groups is 1. The number of fused-ring (bicyclic) bond motifs is 3. The molecule has 2 atom stereocenters. The van der Waals surface area contributed by atoms with Gasteiger partial charge in [-0.05, 0) is 30.9 Å². The molecule has 1 N–H and O–H groups in total. The topological polar surface area (TPSA) is 55.0 Å². The first-order valence-electron chi connectivity index (χ1n) is 8.33. The quantitative estimate of drug-likeness (QED) is 0.556. The van der Waals surface area contributed by atoms with Crippen LogP contribution in [0, 0.1) is 5.92 Å². The van der Waals surface area contributed by atoms with Crippen molar-refractivity contribution in [1.82, 2.24) is 9.97 Å². The van der Waals surface area contributed by atoms with Crippen LogP contribution in [-0.2, 0) is 4.74 Å². The van der Waals surface area contributed by atoms with Crippen molar-refractivity contribution in [2.75, 3.05) is 7.11 Å². The van der Waals surface area contributed by atoms with Gasteiger partial charge in [-0.2, -0.15) is 0 Å². The number of aromatic nitrogens is 2. The standard InChI is InChI=1S/C20H20N2O2/c1-12-6-5-7-13(10-12)18-19-15(11-17(22-18)20(23)24-2)14-8-3-4-9-16(14)21-19/h3-5,7-9,11-13,21H,6,10H2,1-2H3. The van der Waals surface area contributed by atoms with Gasteiger partial charge < -0.3 is 9.72 Å². The first-order valence-corrected chi connectivity index (χ1v) is 8.33. The van der Waals surface area contributed by atoms with Gasteiger partial charge in [0, 0.05) is 22.2 Å². The first kappa shape index (κ1) is 14.9. The molecule has 24 heavy (non-hydrogen) atoms. The van der Waals surface area contributed by atoms with Gasteiger partial charge in [-0.15, -0.1) is 0 Å². The van der Waals surface area contributed by atoms with E-state index in [9.17, 15) is 4.79 Å². The minimum Gasteiger partial charge on any atom is -0.464 e. The fourth-order valence-electron chi connectivity index (χ4n) is 3.63. The molecular formula is C20H20N2O2. The Labute approximate surface area is 140 Å². The third-order valence-corrected chi connectivity index (χ3v) is 4.83. The molecule has 3 aromatic rings. The summed E-state index contributed by atoms with van der Waals surface area (Å²) >= 11 is 0. The average Bonchev–Trinajstić information content (AvgIpc) is 2.99. The van der Waals surface area contributed by atoms with Gasteiger partial charge in [0.2, 0.25) is 0 Å². The van der Waals surface area contributed by atoms with E-state index in [1.807, 2.05) is 18.2 Å². The zero-order chi connectivity index (χ0) is 16.7.